The third kappa shape index (κ3) is 4.90. The fourth-order valence-electron chi connectivity index (χ4n) is 4.15. The molecule has 1 heterocycles. The zero-order chi connectivity index (χ0) is 22.4. The lowest BCUT2D eigenvalue weighted by Crippen LogP contribution is -2.42. The SMILES string of the molecule is [N-]=[N+]=NCCC1(CO)C[C@@H](Cc2ccc(-c3cc(Cl)ccc3F)cc2)N(BC=O)C1=O. The lowest BCUT2D eigenvalue weighted by Gasteiger charge is -2.24. The maximum atomic E-state index is 14.1. The van der Waals surface area contributed by atoms with Crippen LogP contribution in [-0.4, -0.2) is 48.6 Å². The predicted octanol–water partition coefficient (Wildman–Crippen LogP) is 3.51. The Kier molecular flexibility index (Phi) is 7.33. The number of hydrogen-bond donors (Lipinski definition) is 1. The van der Waals surface area contributed by atoms with Gasteiger partial charge in [0.25, 0.3) is 0 Å². The number of halogens is 2. The molecule has 1 amide bonds. The lowest BCUT2D eigenvalue weighted by molar-refractivity contribution is -0.134. The topological polar surface area (TPSA) is 106 Å². The summed E-state index contributed by atoms with van der Waals surface area (Å²) in [5.74, 6) is -0.679. The van der Waals surface area contributed by atoms with E-state index in [9.17, 15) is 19.1 Å². The number of carbonyl (C=O) groups is 2. The van der Waals surface area contributed by atoms with Crippen LogP contribution in [0.5, 0.6) is 0 Å². The first kappa shape index (κ1) is 22.8. The molecule has 31 heavy (non-hydrogen) atoms. The Bertz CT molecular complexity index is 1020. The Labute approximate surface area is 184 Å². The molecule has 1 fully saturated rings. The summed E-state index contributed by atoms with van der Waals surface area (Å²) in [7, 11) is -0.0709. The highest BCUT2D eigenvalue weighted by molar-refractivity contribution is 6.66. The van der Waals surface area contributed by atoms with E-state index < -0.39 is 5.41 Å². The number of rotatable bonds is 9. The molecule has 3 rings (SSSR count). The van der Waals surface area contributed by atoms with Crippen LogP contribution in [0.25, 0.3) is 21.6 Å². The predicted molar refractivity (Wildman–Crippen MR) is 118 cm³/mol. The number of nitrogens with zero attached hydrogens (tertiary/aromatic N) is 4. The Morgan fingerprint density at radius 2 is 2.10 bits per heavy atom. The third-order valence-electron chi connectivity index (χ3n) is 5.77. The maximum Gasteiger partial charge on any atom is 0.313 e. The van der Waals surface area contributed by atoms with E-state index in [4.69, 9.17) is 17.1 Å². The van der Waals surface area contributed by atoms with Gasteiger partial charge in [0.15, 0.2) is 0 Å². The molecule has 0 saturated carbocycles. The van der Waals surface area contributed by atoms with Crippen molar-refractivity contribution in [3.8, 4) is 11.1 Å². The van der Waals surface area contributed by atoms with Crippen molar-refractivity contribution in [1.29, 1.82) is 0 Å². The van der Waals surface area contributed by atoms with Gasteiger partial charge in [-0.1, -0.05) is 41.0 Å². The van der Waals surface area contributed by atoms with Crippen molar-refractivity contribution in [2.24, 2.45) is 10.5 Å². The average molecular weight is 443 g/mol. The van der Waals surface area contributed by atoms with Gasteiger partial charge in [-0.05, 0) is 54.1 Å². The molecule has 1 aliphatic heterocycles. The maximum absolute atomic E-state index is 14.1. The van der Waals surface area contributed by atoms with Crippen LogP contribution in [0.15, 0.2) is 47.6 Å². The summed E-state index contributed by atoms with van der Waals surface area (Å²) in [5.41, 5.74) is 9.42. The summed E-state index contributed by atoms with van der Waals surface area (Å²) < 4.78 is 14.1. The highest BCUT2D eigenvalue weighted by atomic mass is 35.5. The first-order chi connectivity index (χ1) is 14.9. The average Bonchev–Trinajstić information content (AvgIpc) is 3.02. The smallest absolute Gasteiger partial charge is 0.313 e. The van der Waals surface area contributed by atoms with Gasteiger partial charge in [-0.25, -0.2) is 4.39 Å². The Morgan fingerprint density at radius 3 is 2.74 bits per heavy atom. The van der Waals surface area contributed by atoms with Gasteiger partial charge >= 0.3 is 7.41 Å². The molecule has 0 bridgehead atoms. The molecule has 0 aliphatic carbocycles. The number of carbonyl (C=O) groups excluding carboxylic acids is 2. The van der Waals surface area contributed by atoms with E-state index in [2.05, 4.69) is 10.0 Å². The lowest BCUT2D eigenvalue weighted by atomic mass is 9.81. The van der Waals surface area contributed by atoms with Crippen LogP contribution < -0.4 is 0 Å². The molecule has 160 valence electrons. The molecule has 1 N–H and O–H groups in total. The number of hydrogen-bond acceptors (Lipinski definition) is 4. The quantitative estimate of drug-likeness (QED) is 0.211. The van der Waals surface area contributed by atoms with E-state index in [1.54, 1.807) is 18.2 Å². The molecular formula is C21H21BClFN4O3. The Hall–Kier alpha value is -2.87. The van der Waals surface area contributed by atoms with Gasteiger partial charge < -0.3 is 14.7 Å². The minimum atomic E-state index is -1.06. The zero-order valence-corrected chi connectivity index (χ0v) is 17.5. The van der Waals surface area contributed by atoms with E-state index in [1.165, 1.54) is 16.9 Å². The molecule has 0 aromatic heterocycles. The highest BCUT2D eigenvalue weighted by Gasteiger charge is 2.50. The van der Waals surface area contributed by atoms with Crippen LogP contribution in [0.1, 0.15) is 18.4 Å². The number of aliphatic hydroxyl groups is 1. The van der Waals surface area contributed by atoms with Gasteiger partial charge in [-0.15, -0.1) is 0 Å². The second-order valence-corrected chi connectivity index (χ2v) is 8.09. The second-order valence-electron chi connectivity index (χ2n) is 7.65. The Morgan fingerprint density at radius 1 is 1.35 bits per heavy atom. The summed E-state index contributed by atoms with van der Waals surface area (Å²) >= 11 is 5.98. The van der Waals surface area contributed by atoms with Crippen LogP contribution >= 0.6 is 11.6 Å². The van der Waals surface area contributed by atoms with Crippen molar-refractivity contribution in [2.75, 3.05) is 13.2 Å². The van der Waals surface area contributed by atoms with E-state index in [0.717, 1.165) is 5.56 Å². The normalized spacial score (nSPS) is 20.4. The first-order valence-electron chi connectivity index (χ1n) is 9.85. The zero-order valence-electron chi connectivity index (χ0n) is 16.7. The second kappa shape index (κ2) is 9.96. The van der Waals surface area contributed by atoms with Gasteiger partial charge in [0.05, 0.1) is 12.0 Å². The fourth-order valence-corrected chi connectivity index (χ4v) is 4.33. The van der Waals surface area contributed by atoms with E-state index in [-0.39, 0.29) is 44.8 Å². The molecule has 10 heteroatoms. The largest absolute Gasteiger partial charge is 0.395 e. The van der Waals surface area contributed by atoms with E-state index in [1.807, 2.05) is 12.1 Å². The van der Waals surface area contributed by atoms with Crippen molar-refractivity contribution < 1.29 is 19.1 Å². The molecule has 2 aromatic carbocycles. The Balaban J connectivity index is 1.81. The van der Waals surface area contributed by atoms with Crippen LogP contribution in [0.3, 0.4) is 0 Å². The van der Waals surface area contributed by atoms with Crippen molar-refractivity contribution in [3.63, 3.8) is 0 Å². The number of azide groups is 1. The molecule has 7 nitrogen and oxygen atoms in total. The summed E-state index contributed by atoms with van der Waals surface area (Å²) in [6.07, 6.45) is 1.70. The number of aliphatic hydroxyl groups excluding tert-OH is 1. The van der Waals surface area contributed by atoms with Crippen LogP contribution in [-0.2, 0) is 16.0 Å². The molecule has 2 aromatic rings. The van der Waals surface area contributed by atoms with Crippen molar-refractivity contribution in [3.05, 3.63) is 69.3 Å². The van der Waals surface area contributed by atoms with Crippen molar-refractivity contribution >= 4 is 31.1 Å². The summed E-state index contributed by atoms with van der Waals surface area (Å²) in [5, 5.41) is 13.9. The number of benzene rings is 2. The molecule has 2 atom stereocenters. The number of amides is 1. The third-order valence-corrected chi connectivity index (χ3v) is 6.01. The molecule has 1 aliphatic rings. The monoisotopic (exact) mass is 442 g/mol. The minimum absolute atomic E-state index is 0.0709. The summed E-state index contributed by atoms with van der Waals surface area (Å²) in [6.45, 7) is -0.296. The molecule has 1 saturated heterocycles. The van der Waals surface area contributed by atoms with Crippen LogP contribution in [0.4, 0.5) is 4.39 Å². The van der Waals surface area contributed by atoms with Gasteiger partial charge in [-0.3, -0.25) is 4.79 Å². The van der Waals surface area contributed by atoms with Crippen molar-refractivity contribution in [1.82, 2.24) is 4.81 Å². The summed E-state index contributed by atoms with van der Waals surface area (Å²) in [6, 6.07) is 11.3. The van der Waals surface area contributed by atoms with Gasteiger partial charge in [-0.2, -0.15) is 0 Å². The van der Waals surface area contributed by atoms with Crippen LogP contribution in [0.2, 0.25) is 5.02 Å². The van der Waals surface area contributed by atoms with E-state index in [0.29, 0.717) is 35.2 Å². The molecule has 0 radical (unpaired) electrons. The molecule has 1 unspecified atom stereocenters. The van der Waals surface area contributed by atoms with Gasteiger partial charge in [0, 0.05) is 28.1 Å². The fraction of sp³-hybridized carbons (Fsp3) is 0.333. The van der Waals surface area contributed by atoms with Crippen LogP contribution in [0, 0.1) is 11.2 Å². The minimum Gasteiger partial charge on any atom is -0.395 e. The first-order valence-corrected chi connectivity index (χ1v) is 10.2. The van der Waals surface area contributed by atoms with Gasteiger partial charge in [0.2, 0.25) is 5.91 Å². The highest BCUT2D eigenvalue weighted by Crippen LogP contribution is 2.40. The molecule has 0 spiro atoms. The standard InChI is InChI=1S/C21H21BClFN4O3/c23-16-5-6-19(24)18(10-16)15-3-1-14(2-4-15)9-17-11-21(12-29,7-8-26-27-25)20(31)28(17)22-13-30/h1-6,10,13,17,22,29H,7-9,11-12H2/t17-,21?/m1/s1. The molecular weight excluding hydrogens is 422 g/mol. The van der Waals surface area contributed by atoms with Gasteiger partial charge in [0.1, 0.15) is 12.0 Å². The van der Waals surface area contributed by atoms with E-state index >= 15 is 0 Å². The summed E-state index contributed by atoms with van der Waals surface area (Å²) in [4.78, 5) is 28.3. The van der Waals surface area contributed by atoms with Crippen molar-refractivity contribution in [2.45, 2.75) is 25.3 Å².